The molecule has 4 heteroatoms. The van der Waals surface area contributed by atoms with E-state index >= 15 is 0 Å². The molecule has 0 radical (unpaired) electrons. The van der Waals surface area contributed by atoms with Crippen molar-refractivity contribution in [2.24, 2.45) is 0 Å². The van der Waals surface area contributed by atoms with Gasteiger partial charge >= 0.3 is 0 Å². The van der Waals surface area contributed by atoms with Gasteiger partial charge in [0.2, 0.25) is 11.8 Å². The van der Waals surface area contributed by atoms with E-state index in [1.54, 1.807) is 6.92 Å². The fourth-order valence-corrected chi connectivity index (χ4v) is 1.48. The molecule has 2 amide bonds. The molecule has 0 aliphatic carbocycles. The zero-order valence-corrected chi connectivity index (χ0v) is 8.41. The summed E-state index contributed by atoms with van der Waals surface area (Å²) in [6, 6.07) is -0.502. The molecule has 1 N–H and O–H groups in total. The topological polar surface area (TPSA) is 49.4 Å². The Hall–Kier alpha value is -1.50. The van der Waals surface area contributed by atoms with Crippen molar-refractivity contribution >= 4 is 11.8 Å². The van der Waals surface area contributed by atoms with E-state index in [0.29, 0.717) is 6.42 Å². The summed E-state index contributed by atoms with van der Waals surface area (Å²) in [4.78, 5) is 24.3. The maximum atomic E-state index is 11.6. The van der Waals surface area contributed by atoms with Crippen LogP contribution < -0.4 is 5.32 Å². The van der Waals surface area contributed by atoms with Crippen LogP contribution >= 0.6 is 0 Å². The molecule has 0 aromatic carbocycles. The summed E-state index contributed by atoms with van der Waals surface area (Å²) in [6.07, 6.45) is 5.64. The number of amides is 2. The summed E-state index contributed by atoms with van der Waals surface area (Å²) in [5.74, 6) is 2.30. The maximum absolute atomic E-state index is 11.6. The lowest BCUT2D eigenvalue weighted by atomic mass is 10.1. The van der Waals surface area contributed by atoms with Crippen LogP contribution in [0, 0.1) is 12.3 Å². The van der Waals surface area contributed by atoms with E-state index in [1.165, 1.54) is 4.90 Å². The van der Waals surface area contributed by atoms with Gasteiger partial charge in [-0.15, -0.1) is 12.3 Å². The van der Waals surface area contributed by atoms with E-state index in [1.807, 2.05) is 6.92 Å². The largest absolute Gasteiger partial charge is 0.343 e. The van der Waals surface area contributed by atoms with Crippen molar-refractivity contribution in [1.82, 2.24) is 10.2 Å². The number of rotatable bonds is 2. The first-order valence-corrected chi connectivity index (χ1v) is 4.59. The average molecular weight is 194 g/mol. The quantitative estimate of drug-likeness (QED) is 0.616. The Morgan fingerprint density at radius 1 is 1.71 bits per heavy atom. The van der Waals surface area contributed by atoms with Crippen molar-refractivity contribution in [1.29, 1.82) is 0 Å². The van der Waals surface area contributed by atoms with Crippen molar-refractivity contribution in [3.8, 4) is 12.3 Å². The molecule has 2 atom stereocenters. The highest BCUT2D eigenvalue weighted by Gasteiger charge is 2.31. The molecule has 4 nitrogen and oxygen atoms in total. The van der Waals surface area contributed by atoms with Gasteiger partial charge in [0.1, 0.15) is 6.04 Å². The summed E-state index contributed by atoms with van der Waals surface area (Å²) in [6.45, 7) is 3.64. The van der Waals surface area contributed by atoms with Crippen molar-refractivity contribution in [3.05, 3.63) is 0 Å². The van der Waals surface area contributed by atoms with Gasteiger partial charge < -0.3 is 10.2 Å². The van der Waals surface area contributed by atoms with E-state index < -0.39 is 6.04 Å². The van der Waals surface area contributed by atoms with Crippen molar-refractivity contribution in [2.75, 3.05) is 6.54 Å². The normalized spacial score (nSPS) is 24.1. The second-order valence-corrected chi connectivity index (χ2v) is 3.51. The van der Waals surface area contributed by atoms with E-state index in [2.05, 4.69) is 11.2 Å². The molecule has 1 aliphatic rings. The Morgan fingerprint density at radius 2 is 2.36 bits per heavy atom. The van der Waals surface area contributed by atoms with Gasteiger partial charge in [0.25, 0.3) is 0 Å². The first-order chi connectivity index (χ1) is 6.56. The van der Waals surface area contributed by atoms with Crippen LogP contribution in [-0.4, -0.2) is 35.3 Å². The number of piperazine rings is 1. The Balaban J connectivity index is 2.72. The maximum Gasteiger partial charge on any atom is 0.245 e. The average Bonchev–Trinajstić information content (AvgIpc) is 2.11. The number of nitrogens with zero attached hydrogens (tertiary/aromatic N) is 1. The Kier molecular flexibility index (Phi) is 3.13. The molecule has 1 heterocycles. The van der Waals surface area contributed by atoms with Crippen LogP contribution in [0.4, 0.5) is 0 Å². The summed E-state index contributed by atoms with van der Waals surface area (Å²) in [7, 11) is 0. The third-order valence-corrected chi connectivity index (χ3v) is 2.29. The van der Waals surface area contributed by atoms with Gasteiger partial charge in [-0.1, -0.05) is 0 Å². The zero-order valence-electron chi connectivity index (χ0n) is 8.41. The SMILES string of the molecule is C#CCC(C)N1CC(=O)NC(C)C1=O. The lowest BCUT2D eigenvalue weighted by Gasteiger charge is -2.34. The van der Waals surface area contributed by atoms with Gasteiger partial charge in [-0.2, -0.15) is 0 Å². The smallest absolute Gasteiger partial charge is 0.245 e. The van der Waals surface area contributed by atoms with Gasteiger partial charge in [-0.25, -0.2) is 0 Å². The summed E-state index contributed by atoms with van der Waals surface area (Å²) in [5.41, 5.74) is 0. The summed E-state index contributed by atoms with van der Waals surface area (Å²) in [5, 5.41) is 2.57. The third kappa shape index (κ3) is 2.05. The molecule has 0 aromatic rings. The highest BCUT2D eigenvalue weighted by Crippen LogP contribution is 2.09. The van der Waals surface area contributed by atoms with E-state index in [4.69, 9.17) is 6.42 Å². The molecule has 1 fully saturated rings. The Labute approximate surface area is 83.6 Å². The lowest BCUT2D eigenvalue weighted by molar-refractivity contribution is -0.145. The highest BCUT2D eigenvalue weighted by atomic mass is 16.2. The Bertz CT molecular complexity index is 293. The predicted octanol–water partition coefficient (Wildman–Crippen LogP) is -0.255. The second kappa shape index (κ2) is 4.14. The Morgan fingerprint density at radius 3 is 2.93 bits per heavy atom. The molecule has 0 saturated carbocycles. The van der Waals surface area contributed by atoms with E-state index in [-0.39, 0.29) is 24.4 Å². The van der Waals surface area contributed by atoms with Gasteiger partial charge in [-0.3, -0.25) is 9.59 Å². The monoisotopic (exact) mass is 194 g/mol. The molecule has 1 rings (SSSR count). The van der Waals surface area contributed by atoms with Crippen LogP contribution in [0.15, 0.2) is 0 Å². The zero-order chi connectivity index (χ0) is 10.7. The minimum atomic E-state index is -0.434. The minimum absolute atomic E-state index is 0.0626. The molecule has 2 unspecified atom stereocenters. The lowest BCUT2D eigenvalue weighted by Crippen LogP contribution is -2.59. The first kappa shape index (κ1) is 10.6. The second-order valence-electron chi connectivity index (χ2n) is 3.51. The van der Waals surface area contributed by atoms with Crippen LogP contribution in [0.2, 0.25) is 0 Å². The van der Waals surface area contributed by atoms with Crippen molar-refractivity contribution in [3.63, 3.8) is 0 Å². The molecule has 14 heavy (non-hydrogen) atoms. The van der Waals surface area contributed by atoms with Crippen molar-refractivity contribution < 1.29 is 9.59 Å². The van der Waals surface area contributed by atoms with Gasteiger partial charge in [0, 0.05) is 12.5 Å². The fourth-order valence-electron chi connectivity index (χ4n) is 1.48. The van der Waals surface area contributed by atoms with Gasteiger partial charge in [0.05, 0.1) is 6.54 Å². The highest BCUT2D eigenvalue weighted by molar-refractivity contribution is 5.94. The van der Waals surface area contributed by atoms with Gasteiger partial charge in [-0.05, 0) is 13.8 Å². The summed E-state index contributed by atoms with van der Waals surface area (Å²) < 4.78 is 0. The number of carbonyl (C=O) groups is 2. The molecule has 1 saturated heterocycles. The fraction of sp³-hybridized carbons (Fsp3) is 0.600. The van der Waals surface area contributed by atoms with Crippen LogP contribution in [0.5, 0.6) is 0 Å². The van der Waals surface area contributed by atoms with Crippen LogP contribution in [-0.2, 0) is 9.59 Å². The van der Waals surface area contributed by atoms with Crippen LogP contribution in [0.25, 0.3) is 0 Å². The standard InChI is InChI=1S/C10H14N2O2/c1-4-5-7(2)12-6-9(13)11-8(3)10(12)14/h1,7-8H,5-6H2,2-3H3,(H,11,13). The number of terminal acetylenes is 1. The van der Waals surface area contributed by atoms with E-state index in [0.717, 1.165) is 0 Å². The molecule has 0 spiro atoms. The molecule has 0 aromatic heterocycles. The number of carbonyl (C=O) groups excluding carboxylic acids is 2. The molecule has 76 valence electrons. The number of nitrogens with one attached hydrogen (secondary N) is 1. The van der Waals surface area contributed by atoms with Crippen LogP contribution in [0.3, 0.4) is 0 Å². The van der Waals surface area contributed by atoms with Crippen molar-refractivity contribution in [2.45, 2.75) is 32.4 Å². The van der Waals surface area contributed by atoms with Gasteiger partial charge in [0.15, 0.2) is 0 Å². The van der Waals surface area contributed by atoms with E-state index in [9.17, 15) is 9.59 Å². The number of hydrogen-bond donors (Lipinski definition) is 1. The summed E-state index contributed by atoms with van der Waals surface area (Å²) >= 11 is 0. The first-order valence-electron chi connectivity index (χ1n) is 4.59. The minimum Gasteiger partial charge on any atom is -0.343 e. The third-order valence-electron chi connectivity index (χ3n) is 2.29. The molecule has 0 bridgehead atoms. The molecular formula is C10H14N2O2. The molecule has 1 aliphatic heterocycles. The predicted molar refractivity (Wildman–Crippen MR) is 52.2 cm³/mol. The van der Waals surface area contributed by atoms with Crippen LogP contribution in [0.1, 0.15) is 20.3 Å². The number of hydrogen-bond acceptors (Lipinski definition) is 2. The molecular weight excluding hydrogens is 180 g/mol.